The minimum atomic E-state index is -2.96. The van der Waals surface area contributed by atoms with Gasteiger partial charge in [0.15, 0.2) is 11.5 Å². The lowest BCUT2D eigenvalue weighted by Crippen LogP contribution is -2.19. The van der Waals surface area contributed by atoms with Crippen LogP contribution >= 0.6 is 0 Å². The molecular weight excluding hydrogens is 431 g/mol. The Hall–Kier alpha value is -3.94. The first-order chi connectivity index (χ1) is 16.0. The highest BCUT2D eigenvalue weighted by Crippen LogP contribution is 2.40. The summed E-state index contributed by atoms with van der Waals surface area (Å²) in [6.07, 6.45) is 1.99. The van der Waals surface area contributed by atoms with Crippen LogP contribution in [0.15, 0.2) is 72.8 Å². The first-order valence-electron chi connectivity index (χ1n) is 10.5. The number of imidazole rings is 1. The summed E-state index contributed by atoms with van der Waals surface area (Å²) in [5.41, 5.74) is 4.06. The summed E-state index contributed by atoms with van der Waals surface area (Å²) in [4.78, 5) is 4.72. The van der Waals surface area contributed by atoms with Gasteiger partial charge in [0.25, 0.3) is 0 Å². The largest absolute Gasteiger partial charge is 0.490 e. The molecule has 3 aromatic carbocycles. The number of hydrogen-bond acceptors (Lipinski definition) is 4. The van der Waals surface area contributed by atoms with Gasteiger partial charge in [0.1, 0.15) is 5.82 Å². The Bertz CT molecular complexity index is 1330. The van der Waals surface area contributed by atoms with Crippen molar-refractivity contribution in [3.63, 3.8) is 0 Å². The fourth-order valence-corrected chi connectivity index (χ4v) is 4.02. The van der Waals surface area contributed by atoms with Crippen LogP contribution in [-0.2, 0) is 0 Å². The van der Waals surface area contributed by atoms with Crippen molar-refractivity contribution in [1.29, 1.82) is 0 Å². The summed E-state index contributed by atoms with van der Waals surface area (Å²) in [5, 5.41) is 3.33. The van der Waals surface area contributed by atoms with Crippen molar-refractivity contribution in [2.75, 3.05) is 11.9 Å². The smallest absolute Gasteiger partial charge is 0.387 e. The molecule has 0 unspecified atom stereocenters. The summed E-state index contributed by atoms with van der Waals surface area (Å²) in [5.74, 6) is 0.503. The molecule has 1 aliphatic heterocycles. The zero-order valence-electron chi connectivity index (χ0n) is 17.6. The fourth-order valence-electron chi connectivity index (χ4n) is 4.02. The second-order valence-corrected chi connectivity index (χ2v) is 7.47. The van der Waals surface area contributed by atoms with Crippen LogP contribution in [0.3, 0.4) is 0 Å². The molecule has 1 N–H and O–H groups in total. The highest BCUT2D eigenvalue weighted by molar-refractivity contribution is 5.85. The number of alkyl halides is 2. The van der Waals surface area contributed by atoms with E-state index in [1.54, 1.807) is 31.2 Å². The molecule has 0 saturated heterocycles. The minimum absolute atomic E-state index is 0.0250. The Kier molecular flexibility index (Phi) is 5.42. The summed E-state index contributed by atoms with van der Waals surface area (Å²) >= 11 is 0. The second kappa shape index (κ2) is 8.54. The molecule has 2 heterocycles. The molecule has 0 aliphatic carbocycles. The minimum Gasteiger partial charge on any atom is -0.490 e. The van der Waals surface area contributed by atoms with Gasteiger partial charge in [-0.2, -0.15) is 8.78 Å². The number of allylic oxidation sites excluding steroid dienone is 1. The van der Waals surface area contributed by atoms with E-state index >= 15 is 0 Å². The van der Waals surface area contributed by atoms with E-state index in [1.165, 1.54) is 18.2 Å². The van der Waals surface area contributed by atoms with Crippen molar-refractivity contribution in [2.24, 2.45) is 0 Å². The summed E-state index contributed by atoms with van der Waals surface area (Å²) in [6, 6.07) is 18.5. The van der Waals surface area contributed by atoms with Crippen molar-refractivity contribution in [3.05, 3.63) is 89.8 Å². The van der Waals surface area contributed by atoms with E-state index in [-0.39, 0.29) is 23.4 Å². The van der Waals surface area contributed by atoms with Gasteiger partial charge in [0.2, 0.25) is 5.95 Å². The van der Waals surface area contributed by atoms with Gasteiger partial charge in [-0.05, 0) is 72.7 Å². The Morgan fingerprint density at radius 1 is 1.03 bits per heavy atom. The molecule has 5 nitrogen and oxygen atoms in total. The van der Waals surface area contributed by atoms with E-state index < -0.39 is 6.61 Å². The molecular formula is C25H20F3N3O2. The zero-order chi connectivity index (χ0) is 22.9. The number of para-hydroxylation sites is 2. The van der Waals surface area contributed by atoms with E-state index in [0.717, 1.165) is 27.9 Å². The standard InChI is InChI=1S/C25H20F3N3O2/c1-2-32-23-13-16(9-12-22(23)33-24(27)28)21-14-19(15-7-10-17(26)11-8-15)30-25-29-18-5-3-4-6-20(18)31(21)25/h3-14,21,24H,2H2,1H3,(H,29,30)/t21-/m0/s1. The fraction of sp³-hybridized carbons (Fsp3) is 0.160. The average molecular weight is 451 g/mol. The Balaban J connectivity index is 1.66. The quantitative estimate of drug-likeness (QED) is 0.378. The zero-order valence-corrected chi connectivity index (χ0v) is 17.6. The number of halogens is 3. The van der Waals surface area contributed by atoms with Crippen LogP contribution in [0.1, 0.15) is 24.1 Å². The van der Waals surface area contributed by atoms with Crippen LogP contribution in [0.4, 0.5) is 19.1 Å². The number of ether oxygens (including phenoxy) is 2. The van der Waals surface area contributed by atoms with Gasteiger partial charge >= 0.3 is 6.61 Å². The summed E-state index contributed by atoms with van der Waals surface area (Å²) in [7, 11) is 0. The lowest BCUT2D eigenvalue weighted by Gasteiger charge is -2.27. The number of nitrogens with zero attached hydrogens (tertiary/aromatic N) is 2. The predicted molar refractivity (Wildman–Crippen MR) is 120 cm³/mol. The Morgan fingerprint density at radius 2 is 1.82 bits per heavy atom. The van der Waals surface area contributed by atoms with Gasteiger partial charge in [-0.25, -0.2) is 9.37 Å². The number of aromatic nitrogens is 2. The molecule has 5 rings (SSSR count). The molecule has 0 spiro atoms. The first kappa shape index (κ1) is 20.9. The van der Waals surface area contributed by atoms with Crippen LogP contribution < -0.4 is 14.8 Å². The SMILES string of the molecule is CCOc1cc([C@@H]2C=C(c3ccc(F)cc3)Nc3nc4ccccc4n32)ccc1OC(F)F. The van der Waals surface area contributed by atoms with Crippen molar-refractivity contribution in [3.8, 4) is 11.5 Å². The van der Waals surface area contributed by atoms with Crippen LogP contribution in [-0.4, -0.2) is 22.8 Å². The van der Waals surface area contributed by atoms with Gasteiger partial charge in [-0.15, -0.1) is 0 Å². The Labute approximate surface area is 188 Å². The van der Waals surface area contributed by atoms with Crippen molar-refractivity contribution >= 4 is 22.7 Å². The third-order valence-electron chi connectivity index (χ3n) is 5.43. The van der Waals surface area contributed by atoms with Crippen LogP contribution in [0.25, 0.3) is 16.7 Å². The number of benzene rings is 3. The molecule has 0 bridgehead atoms. The molecule has 1 atom stereocenters. The van der Waals surface area contributed by atoms with Crippen LogP contribution in [0.5, 0.6) is 11.5 Å². The number of rotatable bonds is 6. The lowest BCUT2D eigenvalue weighted by atomic mass is 10.0. The summed E-state index contributed by atoms with van der Waals surface area (Å²) < 4.78 is 51.4. The molecule has 1 aliphatic rings. The van der Waals surface area contributed by atoms with Gasteiger partial charge in [-0.1, -0.05) is 18.2 Å². The van der Waals surface area contributed by atoms with E-state index in [4.69, 9.17) is 9.72 Å². The van der Waals surface area contributed by atoms with Gasteiger partial charge in [-0.3, -0.25) is 4.57 Å². The summed E-state index contributed by atoms with van der Waals surface area (Å²) in [6.45, 7) is -0.883. The molecule has 0 saturated carbocycles. The van der Waals surface area contributed by atoms with Gasteiger partial charge in [0.05, 0.1) is 23.7 Å². The maximum absolute atomic E-state index is 13.5. The number of anilines is 1. The van der Waals surface area contributed by atoms with Gasteiger partial charge < -0.3 is 14.8 Å². The van der Waals surface area contributed by atoms with E-state index in [9.17, 15) is 13.2 Å². The normalized spacial score (nSPS) is 15.2. The monoisotopic (exact) mass is 451 g/mol. The molecule has 0 amide bonds. The lowest BCUT2D eigenvalue weighted by molar-refractivity contribution is -0.0514. The van der Waals surface area contributed by atoms with Crippen molar-refractivity contribution in [1.82, 2.24) is 9.55 Å². The van der Waals surface area contributed by atoms with E-state index in [0.29, 0.717) is 12.6 Å². The van der Waals surface area contributed by atoms with Crippen LogP contribution in [0.2, 0.25) is 0 Å². The maximum atomic E-state index is 13.5. The third kappa shape index (κ3) is 4.00. The van der Waals surface area contributed by atoms with E-state index in [1.807, 2.05) is 34.9 Å². The third-order valence-corrected chi connectivity index (χ3v) is 5.43. The van der Waals surface area contributed by atoms with E-state index in [2.05, 4.69) is 10.1 Å². The molecule has 33 heavy (non-hydrogen) atoms. The van der Waals surface area contributed by atoms with Crippen molar-refractivity contribution < 1.29 is 22.6 Å². The predicted octanol–water partition coefficient (Wildman–Crippen LogP) is 6.23. The first-order valence-corrected chi connectivity index (χ1v) is 10.5. The topological polar surface area (TPSA) is 48.3 Å². The van der Waals surface area contributed by atoms with Crippen LogP contribution in [0, 0.1) is 5.82 Å². The average Bonchev–Trinajstić information content (AvgIpc) is 3.18. The number of hydrogen-bond donors (Lipinski definition) is 1. The molecule has 4 aromatic rings. The molecule has 168 valence electrons. The highest BCUT2D eigenvalue weighted by atomic mass is 19.3. The highest BCUT2D eigenvalue weighted by Gasteiger charge is 2.26. The Morgan fingerprint density at radius 3 is 2.58 bits per heavy atom. The van der Waals surface area contributed by atoms with Crippen molar-refractivity contribution in [2.45, 2.75) is 19.6 Å². The maximum Gasteiger partial charge on any atom is 0.387 e. The number of fused-ring (bicyclic) bond motifs is 3. The van der Waals surface area contributed by atoms with Gasteiger partial charge in [0, 0.05) is 5.70 Å². The molecule has 0 fully saturated rings. The molecule has 8 heteroatoms. The molecule has 1 aromatic heterocycles. The molecule has 0 radical (unpaired) electrons. The number of nitrogens with one attached hydrogen (secondary N) is 1. The second-order valence-electron chi connectivity index (χ2n) is 7.47.